The van der Waals surface area contributed by atoms with Crippen LogP contribution in [0, 0.1) is 0 Å². The highest BCUT2D eigenvalue weighted by Gasteiger charge is 2.51. The molecule has 3 amide bonds. The van der Waals surface area contributed by atoms with E-state index in [2.05, 4.69) is 0 Å². The lowest BCUT2D eigenvalue weighted by Crippen LogP contribution is -2.47. The molecule has 0 bridgehead atoms. The third-order valence-electron chi connectivity index (χ3n) is 5.09. The van der Waals surface area contributed by atoms with Gasteiger partial charge in [-0.05, 0) is 16.7 Å². The van der Waals surface area contributed by atoms with E-state index < -0.39 is 30.0 Å². The molecule has 1 saturated heterocycles. The van der Waals surface area contributed by atoms with Crippen LogP contribution >= 0.6 is 0 Å². The summed E-state index contributed by atoms with van der Waals surface area (Å²) in [5.74, 6) is -1.60. The molecule has 2 aromatic carbocycles. The van der Waals surface area contributed by atoms with Crippen LogP contribution < -0.4 is 0 Å². The smallest absolute Gasteiger partial charge is 0.328 e. The van der Waals surface area contributed by atoms with Crippen molar-refractivity contribution in [2.75, 3.05) is 0 Å². The van der Waals surface area contributed by atoms with Gasteiger partial charge in [0.15, 0.2) is 0 Å². The molecular formula is C20H18N2O4. The lowest BCUT2D eigenvalue weighted by Gasteiger charge is -2.28. The molecule has 6 nitrogen and oxygen atoms in total. The topological polar surface area (TPSA) is 77.9 Å². The van der Waals surface area contributed by atoms with Gasteiger partial charge in [0.1, 0.15) is 12.1 Å². The fourth-order valence-corrected chi connectivity index (χ4v) is 3.75. The number of hydrogen-bond acceptors (Lipinski definition) is 3. The second kappa shape index (κ2) is 6.29. The van der Waals surface area contributed by atoms with Crippen LogP contribution in [0.25, 0.3) is 0 Å². The van der Waals surface area contributed by atoms with Crippen molar-refractivity contribution in [2.45, 2.75) is 31.5 Å². The van der Waals surface area contributed by atoms with Gasteiger partial charge in [-0.15, -0.1) is 0 Å². The van der Waals surface area contributed by atoms with Gasteiger partial charge in [0.25, 0.3) is 5.91 Å². The molecule has 26 heavy (non-hydrogen) atoms. The number of nitrogens with zero attached hydrogens (tertiary/aromatic N) is 2. The summed E-state index contributed by atoms with van der Waals surface area (Å²) in [5, 5.41) is 9.67. The third kappa shape index (κ3) is 2.63. The van der Waals surface area contributed by atoms with Crippen LogP contribution in [0.4, 0.5) is 4.79 Å². The van der Waals surface area contributed by atoms with E-state index in [1.807, 2.05) is 42.5 Å². The number of urea groups is 1. The third-order valence-corrected chi connectivity index (χ3v) is 5.09. The molecule has 2 aromatic rings. The summed E-state index contributed by atoms with van der Waals surface area (Å²) in [7, 11) is 0. The number of carbonyl (C=O) groups is 3. The SMILES string of the molecule is O=C(O)[C@H](Cc1ccccc1)N1C(=O)[C@H]2Cc3ccccc3CN2C1=O. The van der Waals surface area contributed by atoms with E-state index in [4.69, 9.17) is 0 Å². The molecule has 4 rings (SSSR count). The molecule has 2 aliphatic rings. The zero-order valence-corrected chi connectivity index (χ0v) is 14.0. The Balaban J connectivity index is 1.64. The van der Waals surface area contributed by atoms with E-state index in [1.165, 1.54) is 4.90 Å². The van der Waals surface area contributed by atoms with Crippen LogP contribution in [0.2, 0.25) is 0 Å². The molecule has 0 aliphatic carbocycles. The van der Waals surface area contributed by atoms with E-state index in [0.29, 0.717) is 13.0 Å². The van der Waals surface area contributed by atoms with E-state index >= 15 is 0 Å². The van der Waals surface area contributed by atoms with Crippen molar-refractivity contribution in [3.05, 3.63) is 71.3 Å². The van der Waals surface area contributed by atoms with Gasteiger partial charge in [0.05, 0.1) is 0 Å². The molecule has 2 aliphatic heterocycles. The van der Waals surface area contributed by atoms with Gasteiger partial charge in [-0.3, -0.25) is 4.79 Å². The van der Waals surface area contributed by atoms with Crippen LogP contribution in [-0.2, 0) is 29.0 Å². The first-order valence-corrected chi connectivity index (χ1v) is 8.53. The molecule has 6 heteroatoms. The van der Waals surface area contributed by atoms with Crippen molar-refractivity contribution >= 4 is 17.9 Å². The number of rotatable bonds is 4. The number of hydrogen-bond donors (Lipinski definition) is 1. The summed E-state index contributed by atoms with van der Waals surface area (Å²) in [6, 6.07) is 14.4. The van der Waals surface area contributed by atoms with Gasteiger partial charge in [-0.1, -0.05) is 54.6 Å². The Morgan fingerprint density at radius 1 is 1.04 bits per heavy atom. The molecule has 1 N–H and O–H groups in total. The van der Waals surface area contributed by atoms with Crippen molar-refractivity contribution in [1.82, 2.24) is 9.80 Å². The highest BCUT2D eigenvalue weighted by atomic mass is 16.4. The summed E-state index contributed by atoms with van der Waals surface area (Å²) in [6.45, 7) is 0.333. The maximum Gasteiger partial charge on any atom is 0.328 e. The Kier molecular flexibility index (Phi) is 3.95. The van der Waals surface area contributed by atoms with Gasteiger partial charge >= 0.3 is 12.0 Å². The molecule has 2 heterocycles. The average Bonchev–Trinajstić information content (AvgIpc) is 2.89. The van der Waals surface area contributed by atoms with Crippen LogP contribution in [0.15, 0.2) is 54.6 Å². The number of amides is 3. The first kappa shape index (κ1) is 16.3. The lowest BCUT2D eigenvalue weighted by atomic mass is 9.94. The Hall–Kier alpha value is -3.15. The summed E-state index contributed by atoms with van der Waals surface area (Å²) in [4.78, 5) is 40.0. The van der Waals surface area contributed by atoms with Crippen molar-refractivity contribution < 1.29 is 19.5 Å². The molecule has 1 fully saturated rings. The summed E-state index contributed by atoms with van der Waals surface area (Å²) in [6.07, 6.45) is 0.524. The summed E-state index contributed by atoms with van der Waals surface area (Å²) in [5.41, 5.74) is 2.81. The van der Waals surface area contributed by atoms with E-state index in [0.717, 1.165) is 21.6 Å². The summed E-state index contributed by atoms with van der Waals surface area (Å²) >= 11 is 0. The Morgan fingerprint density at radius 3 is 2.38 bits per heavy atom. The normalized spacial score (nSPS) is 19.9. The largest absolute Gasteiger partial charge is 0.480 e. The van der Waals surface area contributed by atoms with Crippen molar-refractivity contribution in [3.8, 4) is 0 Å². The molecular weight excluding hydrogens is 332 g/mol. The number of imide groups is 1. The number of carbonyl (C=O) groups excluding carboxylic acids is 2. The van der Waals surface area contributed by atoms with Crippen LogP contribution in [0.1, 0.15) is 16.7 Å². The zero-order valence-electron chi connectivity index (χ0n) is 14.0. The number of carboxylic acid groups (broad SMARTS) is 1. The highest BCUT2D eigenvalue weighted by molar-refractivity contribution is 6.07. The minimum Gasteiger partial charge on any atom is -0.480 e. The number of aliphatic carboxylic acids is 1. The van der Waals surface area contributed by atoms with Crippen molar-refractivity contribution in [1.29, 1.82) is 0 Å². The van der Waals surface area contributed by atoms with E-state index in [1.54, 1.807) is 12.1 Å². The Bertz CT molecular complexity index is 837. The summed E-state index contributed by atoms with van der Waals surface area (Å²) < 4.78 is 0. The minimum atomic E-state index is -1.20. The lowest BCUT2D eigenvalue weighted by molar-refractivity contribution is -0.146. The fraction of sp³-hybridized carbons (Fsp3) is 0.250. The first-order chi connectivity index (χ1) is 12.6. The van der Waals surface area contributed by atoms with E-state index in [9.17, 15) is 19.5 Å². The second-order valence-corrected chi connectivity index (χ2v) is 6.65. The molecule has 2 atom stereocenters. The molecule has 0 unspecified atom stereocenters. The molecule has 132 valence electrons. The van der Waals surface area contributed by atoms with Gasteiger partial charge in [-0.2, -0.15) is 0 Å². The molecule has 0 saturated carbocycles. The predicted octanol–water partition coefficient (Wildman–Crippen LogP) is 2.07. The molecule has 0 aromatic heterocycles. The van der Waals surface area contributed by atoms with Gasteiger partial charge in [0, 0.05) is 19.4 Å². The first-order valence-electron chi connectivity index (χ1n) is 8.53. The maximum atomic E-state index is 12.9. The van der Waals surface area contributed by atoms with Crippen LogP contribution in [0.5, 0.6) is 0 Å². The molecule has 0 radical (unpaired) electrons. The van der Waals surface area contributed by atoms with Gasteiger partial charge in [0.2, 0.25) is 0 Å². The standard InChI is InChI=1S/C20H18N2O4/c23-18-16-11-14-8-4-5-9-15(14)12-21(16)20(26)22(18)17(19(24)25)10-13-6-2-1-3-7-13/h1-9,16-17H,10-12H2,(H,24,25)/t16-,17+/m1/s1. The predicted molar refractivity (Wildman–Crippen MR) is 93.3 cm³/mol. The van der Waals surface area contributed by atoms with E-state index in [-0.39, 0.29) is 6.42 Å². The van der Waals surface area contributed by atoms with Crippen molar-refractivity contribution in [3.63, 3.8) is 0 Å². The maximum absolute atomic E-state index is 12.9. The average molecular weight is 350 g/mol. The fourth-order valence-electron chi connectivity index (χ4n) is 3.75. The minimum absolute atomic E-state index is 0.0984. The Morgan fingerprint density at radius 2 is 1.69 bits per heavy atom. The van der Waals surface area contributed by atoms with Crippen LogP contribution in [0.3, 0.4) is 0 Å². The van der Waals surface area contributed by atoms with Gasteiger partial charge in [-0.25, -0.2) is 14.5 Å². The second-order valence-electron chi connectivity index (χ2n) is 6.65. The number of fused-ring (bicyclic) bond motifs is 2. The molecule has 0 spiro atoms. The van der Waals surface area contributed by atoms with Crippen LogP contribution in [-0.4, -0.2) is 44.9 Å². The quantitative estimate of drug-likeness (QED) is 0.857. The highest BCUT2D eigenvalue weighted by Crippen LogP contribution is 2.31. The monoisotopic (exact) mass is 350 g/mol. The zero-order chi connectivity index (χ0) is 18.3. The Labute approximate surface area is 150 Å². The van der Waals surface area contributed by atoms with Crippen molar-refractivity contribution in [2.24, 2.45) is 0 Å². The number of carboxylic acids is 1. The number of benzene rings is 2. The van der Waals surface area contributed by atoms with Gasteiger partial charge < -0.3 is 10.0 Å².